The molecule has 0 amide bonds. The topological polar surface area (TPSA) is 29.3 Å². The Morgan fingerprint density at radius 1 is 1.50 bits per heavy atom. The van der Waals surface area contributed by atoms with Gasteiger partial charge in [-0.3, -0.25) is 0 Å². The fourth-order valence-electron chi connectivity index (χ4n) is 2.36. The van der Waals surface area contributed by atoms with Crippen molar-refractivity contribution >= 4 is 11.8 Å². The number of nitrogens with two attached hydrogens (primary N) is 1. The summed E-state index contributed by atoms with van der Waals surface area (Å²) in [6.07, 6.45) is 5.07. The van der Waals surface area contributed by atoms with Gasteiger partial charge in [0.2, 0.25) is 0 Å². The lowest BCUT2D eigenvalue weighted by Crippen LogP contribution is -2.49. The fourth-order valence-corrected chi connectivity index (χ4v) is 3.44. The van der Waals surface area contributed by atoms with Crippen LogP contribution in [0.3, 0.4) is 0 Å². The minimum Gasteiger partial charge on any atom is -0.325 e. The molecule has 1 aliphatic carbocycles. The van der Waals surface area contributed by atoms with Gasteiger partial charge in [-0.2, -0.15) is 11.8 Å². The van der Waals surface area contributed by atoms with Gasteiger partial charge in [0.15, 0.2) is 0 Å². The average molecular weight is 214 g/mol. The summed E-state index contributed by atoms with van der Waals surface area (Å²) in [5.74, 6) is 1.30. The molecule has 1 saturated heterocycles. The molecule has 1 atom stereocenters. The summed E-state index contributed by atoms with van der Waals surface area (Å²) in [6.45, 7) is 6.09. The molecule has 2 rings (SSSR count). The summed E-state index contributed by atoms with van der Waals surface area (Å²) < 4.78 is 0. The maximum absolute atomic E-state index is 6.22. The van der Waals surface area contributed by atoms with Gasteiger partial charge >= 0.3 is 0 Å². The van der Waals surface area contributed by atoms with Crippen LogP contribution in [0.25, 0.3) is 0 Å². The first kappa shape index (κ1) is 10.8. The molecule has 2 aliphatic rings. The van der Waals surface area contributed by atoms with E-state index in [4.69, 9.17) is 5.73 Å². The summed E-state index contributed by atoms with van der Waals surface area (Å²) in [5, 5.41) is 0.818. The van der Waals surface area contributed by atoms with Gasteiger partial charge in [-0.15, -0.1) is 0 Å². The van der Waals surface area contributed by atoms with E-state index >= 15 is 0 Å². The van der Waals surface area contributed by atoms with Crippen molar-refractivity contribution in [2.75, 3.05) is 25.4 Å². The highest BCUT2D eigenvalue weighted by Gasteiger charge is 2.32. The Labute approximate surface area is 91.6 Å². The van der Waals surface area contributed by atoms with Gasteiger partial charge in [-0.25, -0.2) is 0 Å². The molecule has 0 aromatic heterocycles. The van der Waals surface area contributed by atoms with Crippen LogP contribution in [0, 0.1) is 0 Å². The Hall–Kier alpha value is 0.270. The minimum atomic E-state index is 0.216. The molecule has 0 aromatic rings. The number of rotatable bonds is 3. The van der Waals surface area contributed by atoms with Gasteiger partial charge in [0, 0.05) is 29.6 Å². The van der Waals surface area contributed by atoms with Crippen molar-refractivity contribution in [2.45, 2.75) is 43.4 Å². The van der Waals surface area contributed by atoms with Crippen LogP contribution in [0.1, 0.15) is 32.6 Å². The lowest BCUT2D eigenvalue weighted by Gasteiger charge is -2.40. The van der Waals surface area contributed by atoms with Crippen LogP contribution >= 0.6 is 11.8 Å². The predicted molar refractivity (Wildman–Crippen MR) is 63.7 cm³/mol. The largest absolute Gasteiger partial charge is 0.325 e. The van der Waals surface area contributed by atoms with Crippen LogP contribution in [0.15, 0.2) is 0 Å². The molecule has 0 aromatic carbocycles. The van der Waals surface area contributed by atoms with Gasteiger partial charge in [0.25, 0.3) is 0 Å². The van der Waals surface area contributed by atoms with Crippen molar-refractivity contribution in [1.82, 2.24) is 4.90 Å². The average Bonchev–Trinajstić information content (AvgIpc) is 2.12. The lowest BCUT2D eigenvalue weighted by atomic mass is 9.75. The quantitative estimate of drug-likeness (QED) is 0.775. The molecule has 0 radical (unpaired) electrons. The highest BCUT2D eigenvalue weighted by Crippen LogP contribution is 2.32. The van der Waals surface area contributed by atoms with Crippen molar-refractivity contribution in [2.24, 2.45) is 5.73 Å². The Bertz CT molecular complexity index is 192. The van der Waals surface area contributed by atoms with Gasteiger partial charge in [0.1, 0.15) is 0 Å². The lowest BCUT2D eigenvalue weighted by molar-refractivity contribution is 0.184. The van der Waals surface area contributed by atoms with Crippen molar-refractivity contribution in [1.29, 1.82) is 0 Å². The molecule has 2 nitrogen and oxygen atoms in total. The number of thioether (sulfide) groups is 1. The van der Waals surface area contributed by atoms with E-state index in [2.05, 4.69) is 23.6 Å². The molecule has 1 saturated carbocycles. The monoisotopic (exact) mass is 214 g/mol. The SMILES string of the molecule is CC1CN(CCC2(N)CCC2)CCS1. The first-order chi connectivity index (χ1) is 6.68. The highest BCUT2D eigenvalue weighted by atomic mass is 32.2. The zero-order chi connectivity index (χ0) is 10.0. The third kappa shape index (κ3) is 2.65. The Kier molecular flexibility index (Phi) is 3.40. The highest BCUT2D eigenvalue weighted by molar-refractivity contribution is 7.99. The molecule has 1 aliphatic heterocycles. The fraction of sp³-hybridized carbons (Fsp3) is 1.00. The molecular weight excluding hydrogens is 192 g/mol. The second-order valence-electron chi connectivity index (χ2n) is 4.95. The van der Waals surface area contributed by atoms with Gasteiger partial charge in [-0.05, 0) is 32.2 Å². The van der Waals surface area contributed by atoms with E-state index < -0.39 is 0 Å². The van der Waals surface area contributed by atoms with Crippen LogP contribution in [0.4, 0.5) is 0 Å². The molecule has 82 valence electrons. The van der Waals surface area contributed by atoms with E-state index in [0.717, 1.165) is 5.25 Å². The van der Waals surface area contributed by atoms with Crippen LogP contribution in [-0.4, -0.2) is 41.1 Å². The van der Waals surface area contributed by atoms with E-state index in [1.54, 1.807) is 0 Å². The third-order valence-electron chi connectivity index (χ3n) is 3.60. The van der Waals surface area contributed by atoms with E-state index in [0.29, 0.717) is 0 Å². The van der Waals surface area contributed by atoms with Gasteiger partial charge in [-0.1, -0.05) is 6.92 Å². The van der Waals surface area contributed by atoms with Crippen molar-refractivity contribution < 1.29 is 0 Å². The molecule has 14 heavy (non-hydrogen) atoms. The maximum Gasteiger partial charge on any atom is 0.0166 e. The normalized spacial score (nSPS) is 32.6. The van der Waals surface area contributed by atoms with E-state index in [-0.39, 0.29) is 5.54 Å². The van der Waals surface area contributed by atoms with Gasteiger partial charge in [0.05, 0.1) is 0 Å². The van der Waals surface area contributed by atoms with Crippen molar-refractivity contribution in [3.8, 4) is 0 Å². The minimum absolute atomic E-state index is 0.216. The second kappa shape index (κ2) is 4.42. The van der Waals surface area contributed by atoms with Gasteiger partial charge < -0.3 is 10.6 Å². The summed E-state index contributed by atoms with van der Waals surface area (Å²) in [7, 11) is 0. The van der Waals surface area contributed by atoms with Crippen molar-refractivity contribution in [3.05, 3.63) is 0 Å². The molecule has 3 heteroatoms. The number of hydrogen-bond acceptors (Lipinski definition) is 3. The standard InChI is InChI=1S/C11H22N2S/c1-10-9-13(7-8-14-10)6-5-11(12)3-2-4-11/h10H,2-9,12H2,1H3. The Morgan fingerprint density at radius 2 is 2.29 bits per heavy atom. The molecular formula is C11H22N2S. The second-order valence-corrected chi connectivity index (χ2v) is 6.49. The Balaban J connectivity index is 1.69. The smallest absolute Gasteiger partial charge is 0.0166 e. The van der Waals surface area contributed by atoms with Crippen molar-refractivity contribution in [3.63, 3.8) is 0 Å². The van der Waals surface area contributed by atoms with E-state index in [9.17, 15) is 0 Å². The van der Waals surface area contributed by atoms with Crippen LogP contribution in [0.2, 0.25) is 0 Å². The molecule has 0 bridgehead atoms. The summed E-state index contributed by atoms with van der Waals surface area (Å²) in [5.41, 5.74) is 6.44. The first-order valence-corrected chi connectivity index (χ1v) is 6.86. The number of hydrogen-bond donors (Lipinski definition) is 1. The molecule has 2 N–H and O–H groups in total. The van der Waals surface area contributed by atoms with E-state index in [1.807, 2.05) is 0 Å². The van der Waals surface area contributed by atoms with Crippen LogP contribution in [-0.2, 0) is 0 Å². The number of nitrogens with zero attached hydrogens (tertiary/aromatic N) is 1. The predicted octanol–water partition coefficient (Wildman–Crippen LogP) is 1.70. The summed E-state index contributed by atoms with van der Waals surface area (Å²) >= 11 is 2.10. The van der Waals surface area contributed by atoms with Crippen LogP contribution < -0.4 is 5.73 Å². The third-order valence-corrected chi connectivity index (χ3v) is 4.74. The summed E-state index contributed by atoms with van der Waals surface area (Å²) in [4.78, 5) is 2.59. The molecule has 1 unspecified atom stereocenters. The Morgan fingerprint density at radius 3 is 2.86 bits per heavy atom. The zero-order valence-corrected chi connectivity index (χ0v) is 9.98. The van der Waals surface area contributed by atoms with Crippen LogP contribution in [0.5, 0.6) is 0 Å². The molecule has 0 spiro atoms. The zero-order valence-electron chi connectivity index (χ0n) is 9.17. The summed E-state index contributed by atoms with van der Waals surface area (Å²) in [6, 6.07) is 0. The van der Waals surface area contributed by atoms with E-state index in [1.165, 1.54) is 51.1 Å². The molecule has 2 fully saturated rings. The maximum atomic E-state index is 6.22. The molecule has 1 heterocycles. The first-order valence-electron chi connectivity index (χ1n) is 5.81.